The van der Waals surface area contributed by atoms with Gasteiger partial charge in [-0.15, -0.1) is 0 Å². The number of nitrogens with zero attached hydrogens (tertiary/aromatic N) is 3. The van der Waals surface area contributed by atoms with Gasteiger partial charge in [-0.05, 0) is 24.8 Å². The van der Waals surface area contributed by atoms with Crippen LogP contribution in [0, 0.1) is 5.92 Å². The lowest BCUT2D eigenvalue weighted by atomic mass is 9.79. The van der Waals surface area contributed by atoms with E-state index in [4.69, 9.17) is 0 Å². The molecule has 2 aliphatic rings. The quantitative estimate of drug-likeness (QED) is 0.831. The van der Waals surface area contributed by atoms with Gasteiger partial charge >= 0.3 is 0 Å². The topological polar surface area (TPSA) is 72.3 Å². The minimum Gasteiger partial charge on any atom is -0.337 e. The average molecular weight is 361 g/mol. The zero-order chi connectivity index (χ0) is 17.6. The van der Waals surface area contributed by atoms with Crippen LogP contribution in [0.4, 0.5) is 0 Å². The zero-order valence-electron chi connectivity index (χ0n) is 14.4. The number of carbonyl (C=O) groups excluding carboxylic acids is 1. The second-order valence-electron chi connectivity index (χ2n) is 7.22. The molecule has 1 saturated carbocycles. The molecule has 2 heterocycles. The van der Waals surface area contributed by atoms with E-state index in [1.807, 2.05) is 36.2 Å². The summed E-state index contributed by atoms with van der Waals surface area (Å²) in [4.78, 5) is 14.8. The molecule has 134 valence electrons. The summed E-state index contributed by atoms with van der Waals surface area (Å²) in [6.45, 7) is 0.313. The Labute approximate surface area is 147 Å². The molecule has 0 unspecified atom stereocenters. The van der Waals surface area contributed by atoms with Gasteiger partial charge in [0.2, 0.25) is 5.91 Å². The highest BCUT2D eigenvalue weighted by Gasteiger charge is 2.40. The van der Waals surface area contributed by atoms with Crippen molar-refractivity contribution in [3.05, 3.63) is 30.0 Å². The molecule has 1 aromatic carbocycles. The molecule has 1 saturated heterocycles. The second kappa shape index (κ2) is 6.12. The normalized spacial score (nSPS) is 23.6. The van der Waals surface area contributed by atoms with Crippen molar-refractivity contribution in [2.24, 2.45) is 13.0 Å². The fraction of sp³-hybridized carbons (Fsp3) is 0.556. The van der Waals surface area contributed by atoms with Gasteiger partial charge in [0.15, 0.2) is 9.84 Å². The van der Waals surface area contributed by atoms with Gasteiger partial charge < -0.3 is 4.90 Å². The van der Waals surface area contributed by atoms with Crippen LogP contribution in [0.3, 0.4) is 0 Å². The maximum Gasteiger partial charge on any atom is 0.229 e. The number of para-hydroxylation sites is 1. The van der Waals surface area contributed by atoms with E-state index in [9.17, 15) is 13.2 Å². The van der Waals surface area contributed by atoms with Crippen molar-refractivity contribution in [2.75, 3.05) is 18.1 Å². The van der Waals surface area contributed by atoms with Crippen LogP contribution in [0.1, 0.15) is 25.0 Å². The first kappa shape index (κ1) is 16.6. The number of amides is 1. The van der Waals surface area contributed by atoms with Gasteiger partial charge in [-0.2, -0.15) is 5.10 Å². The number of hydrogen-bond donors (Lipinski definition) is 0. The van der Waals surface area contributed by atoms with E-state index in [2.05, 4.69) is 5.10 Å². The van der Waals surface area contributed by atoms with Crippen LogP contribution in [0.5, 0.6) is 0 Å². The molecule has 1 atom stereocenters. The van der Waals surface area contributed by atoms with Crippen molar-refractivity contribution in [3.8, 4) is 0 Å². The summed E-state index contributed by atoms with van der Waals surface area (Å²) < 4.78 is 25.9. The Morgan fingerprint density at radius 3 is 2.76 bits per heavy atom. The Kier molecular flexibility index (Phi) is 4.06. The average Bonchev–Trinajstić information content (AvgIpc) is 2.82. The Balaban J connectivity index is 1.58. The number of sulfone groups is 1. The van der Waals surface area contributed by atoms with Crippen LogP contribution < -0.4 is 0 Å². The van der Waals surface area contributed by atoms with Crippen molar-refractivity contribution in [2.45, 2.75) is 31.7 Å². The fourth-order valence-corrected chi connectivity index (χ4v) is 5.64. The van der Waals surface area contributed by atoms with Crippen LogP contribution in [0.25, 0.3) is 10.9 Å². The second-order valence-corrected chi connectivity index (χ2v) is 9.45. The Morgan fingerprint density at radius 2 is 2.04 bits per heavy atom. The molecule has 0 radical (unpaired) electrons. The van der Waals surface area contributed by atoms with Crippen molar-refractivity contribution < 1.29 is 13.2 Å². The smallest absolute Gasteiger partial charge is 0.229 e. The molecule has 1 aliphatic carbocycles. The number of rotatable bonds is 3. The summed E-state index contributed by atoms with van der Waals surface area (Å²) in [6, 6.07) is 7.71. The van der Waals surface area contributed by atoms with E-state index in [1.54, 1.807) is 4.68 Å². The van der Waals surface area contributed by atoms with E-state index in [1.165, 1.54) is 0 Å². The minimum absolute atomic E-state index is 0.00402. The SMILES string of the molecule is Cn1nc(CC(=O)N2CCS(=O)(=O)C[C@@H]2C2CCC2)c2ccccc21. The van der Waals surface area contributed by atoms with Crippen LogP contribution in [0.2, 0.25) is 0 Å². The molecule has 1 aromatic heterocycles. The number of carbonyl (C=O) groups is 1. The van der Waals surface area contributed by atoms with Crippen molar-refractivity contribution in [1.29, 1.82) is 0 Å². The van der Waals surface area contributed by atoms with Crippen molar-refractivity contribution in [3.63, 3.8) is 0 Å². The lowest BCUT2D eigenvalue weighted by Crippen LogP contribution is -2.56. The summed E-state index contributed by atoms with van der Waals surface area (Å²) in [7, 11) is -1.16. The van der Waals surface area contributed by atoms with Gasteiger partial charge in [0.05, 0.1) is 29.1 Å². The Hall–Kier alpha value is -1.89. The first-order chi connectivity index (χ1) is 11.9. The minimum atomic E-state index is -3.04. The van der Waals surface area contributed by atoms with Crippen LogP contribution >= 0.6 is 0 Å². The molecule has 7 heteroatoms. The molecule has 6 nitrogen and oxygen atoms in total. The largest absolute Gasteiger partial charge is 0.337 e. The third-order valence-electron chi connectivity index (χ3n) is 5.64. The van der Waals surface area contributed by atoms with Crippen molar-refractivity contribution >= 4 is 26.6 Å². The van der Waals surface area contributed by atoms with Gasteiger partial charge in [0, 0.05) is 25.0 Å². The summed E-state index contributed by atoms with van der Waals surface area (Å²) in [5, 5.41) is 5.50. The van der Waals surface area contributed by atoms with E-state index >= 15 is 0 Å². The van der Waals surface area contributed by atoms with Crippen LogP contribution in [-0.4, -0.2) is 53.1 Å². The maximum absolute atomic E-state index is 13.0. The molecule has 4 rings (SSSR count). The molecule has 25 heavy (non-hydrogen) atoms. The molecular weight excluding hydrogens is 338 g/mol. The van der Waals surface area contributed by atoms with Crippen molar-refractivity contribution in [1.82, 2.24) is 14.7 Å². The predicted octanol–water partition coefficient (Wildman–Crippen LogP) is 1.54. The molecule has 0 N–H and O–H groups in total. The molecule has 2 fully saturated rings. The highest BCUT2D eigenvalue weighted by molar-refractivity contribution is 7.91. The molecule has 0 spiro atoms. The summed E-state index contributed by atoms with van der Waals surface area (Å²) in [5.74, 6) is 0.521. The number of aryl methyl sites for hydroxylation is 1. The predicted molar refractivity (Wildman–Crippen MR) is 95.9 cm³/mol. The molecular formula is C18H23N3O3S. The van der Waals surface area contributed by atoms with Gasteiger partial charge in [0.25, 0.3) is 0 Å². The maximum atomic E-state index is 13.0. The molecule has 2 aromatic rings. The highest BCUT2D eigenvalue weighted by Crippen LogP contribution is 2.35. The molecule has 1 amide bonds. The summed E-state index contributed by atoms with van der Waals surface area (Å²) in [5.41, 5.74) is 1.77. The standard InChI is InChI=1S/C18H23N3O3S/c1-20-16-8-3-2-7-14(16)15(19-20)11-18(22)21-9-10-25(23,24)12-17(21)13-5-4-6-13/h2-3,7-8,13,17H,4-6,9-12H2,1H3/t17-/m1/s1. The van der Waals surface area contributed by atoms with Gasteiger partial charge in [-0.1, -0.05) is 24.6 Å². The molecule has 1 aliphatic heterocycles. The number of hydrogen-bond acceptors (Lipinski definition) is 4. The first-order valence-electron chi connectivity index (χ1n) is 8.85. The first-order valence-corrected chi connectivity index (χ1v) is 10.7. The van der Waals surface area contributed by atoms with E-state index in [0.717, 1.165) is 35.9 Å². The lowest BCUT2D eigenvalue weighted by molar-refractivity contribution is -0.134. The number of benzene rings is 1. The highest BCUT2D eigenvalue weighted by atomic mass is 32.2. The van der Waals surface area contributed by atoms with E-state index in [-0.39, 0.29) is 29.9 Å². The van der Waals surface area contributed by atoms with E-state index in [0.29, 0.717) is 12.5 Å². The summed E-state index contributed by atoms with van der Waals surface area (Å²) in [6.07, 6.45) is 3.41. The van der Waals surface area contributed by atoms with Crippen LogP contribution in [-0.2, 0) is 28.1 Å². The Morgan fingerprint density at radius 1 is 1.28 bits per heavy atom. The fourth-order valence-electron chi connectivity index (χ4n) is 4.03. The monoisotopic (exact) mass is 361 g/mol. The van der Waals surface area contributed by atoms with Gasteiger partial charge in [-0.25, -0.2) is 8.42 Å². The van der Waals surface area contributed by atoms with Crippen LogP contribution in [0.15, 0.2) is 24.3 Å². The number of fused-ring (bicyclic) bond motifs is 1. The third-order valence-corrected chi connectivity index (χ3v) is 7.29. The van der Waals surface area contributed by atoms with Gasteiger partial charge in [-0.3, -0.25) is 9.48 Å². The number of aromatic nitrogens is 2. The van der Waals surface area contributed by atoms with Gasteiger partial charge in [0.1, 0.15) is 0 Å². The lowest BCUT2D eigenvalue weighted by Gasteiger charge is -2.43. The third kappa shape index (κ3) is 3.05. The summed E-state index contributed by atoms with van der Waals surface area (Å²) >= 11 is 0. The molecule has 0 bridgehead atoms. The Bertz CT molecular complexity index is 915. The van der Waals surface area contributed by atoms with E-state index < -0.39 is 9.84 Å². The zero-order valence-corrected chi connectivity index (χ0v) is 15.2.